The average Bonchev–Trinajstić information content (AvgIpc) is 3.35. The van der Waals surface area contributed by atoms with Crippen LogP contribution in [0.5, 0.6) is 5.75 Å². The fourth-order valence-corrected chi connectivity index (χ4v) is 4.26. The van der Waals surface area contributed by atoms with Crippen molar-refractivity contribution in [1.82, 2.24) is 20.1 Å². The van der Waals surface area contributed by atoms with Crippen molar-refractivity contribution >= 4 is 11.6 Å². The number of carbonyl (C=O) groups is 1. The standard InChI is InChI=1S/C24H20F9N5O4/c25-22(26,27)14-10-15(34)17-18-36-37-20(41-18)21(40,23(28,29)30)7-2-1-3-8-38(19(39)16(14)35-17)11-12-5-4-6-13(9-12)42-24(31,32)33/h4-6,9-10,40H,1-3,7-8,11,34H2. The zero-order valence-corrected chi connectivity index (χ0v) is 21.1. The summed E-state index contributed by atoms with van der Waals surface area (Å²) in [5.74, 6) is -4.15. The number of halogens is 9. The molecule has 42 heavy (non-hydrogen) atoms. The van der Waals surface area contributed by atoms with Crippen LogP contribution < -0.4 is 10.5 Å². The number of amides is 1. The van der Waals surface area contributed by atoms with Crippen molar-refractivity contribution in [3.8, 4) is 17.3 Å². The van der Waals surface area contributed by atoms with Crippen LogP contribution >= 0.6 is 0 Å². The molecule has 3 aromatic rings. The smallest absolute Gasteiger partial charge is 0.416 e. The van der Waals surface area contributed by atoms with Crippen LogP contribution in [0.3, 0.4) is 0 Å². The molecule has 2 aromatic heterocycles. The molecule has 4 bridgehead atoms. The lowest BCUT2D eigenvalue weighted by Crippen LogP contribution is -2.42. The van der Waals surface area contributed by atoms with E-state index in [1.54, 1.807) is 0 Å². The van der Waals surface area contributed by atoms with Crippen molar-refractivity contribution in [3.05, 3.63) is 53.0 Å². The largest absolute Gasteiger partial charge is 0.573 e. The molecule has 0 saturated carbocycles. The summed E-state index contributed by atoms with van der Waals surface area (Å²) in [5.41, 5.74) is -2.24. The van der Waals surface area contributed by atoms with E-state index in [0.29, 0.717) is 6.07 Å². The lowest BCUT2D eigenvalue weighted by Gasteiger charge is -2.28. The van der Waals surface area contributed by atoms with Gasteiger partial charge in [-0.2, -0.15) is 26.3 Å². The topological polar surface area (TPSA) is 128 Å². The van der Waals surface area contributed by atoms with E-state index in [4.69, 9.17) is 10.2 Å². The normalized spacial score (nSPS) is 19.0. The molecule has 0 aliphatic carbocycles. The summed E-state index contributed by atoms with van der Waals surface area (Å²) >= 11 is 0. The van der Waals surface area contributed by atoms with Crippen molar-refractivity contribution in [1.29, 1.82) is 0 Å². The summed E-state index contributed by atoms with van der Waals surface area (Å²) in [6.45, 7) is -0.867. The van der Waals surface area contributed by atoms with Gasteiger partial charge in [-0.25, -0.2) is 4.98 Å². The summed E-state index contributed by atoms with van der Waals surface area (Å²) in [6, 6.07) is 4.66. The molecule has 0 radical (unpaired) electrons. The van der Waals surface area contributed by atoms with Gasteiger partial charge in [0.1, 0.15) is 11.4 Å². The van der Waals surface area contributed by atoms with Gasteiger partial charge >= 0.3 is 18.7 Å². The third-order valence-electron chi connectivity index (χ3n) is 6.27. The van der Waals surface area contributed by atoms with E-state index >= 15 is 0 Å². The Bertz CT molecular complexity index is 1460. The molecule has 0 saturated heterocycles. The summed E-state index contributed by atoms with van der Waals surface area (Å²) in [5, 5.41) is 17.1. The van der Waals surface area contributed by atoms with Gasteiger partial charge in [0.25, 0.3) is 17.7 Å². The van der Waals surface area contributed by atoms with Crippen LogP contribution in [0.25, 0.3) is 11.6 Å². The molecule has 18 heteroatoms. The molecule has 3 heterocycles. The lowest BCUT2D eigenvalue weighted by molar-refractivity contribution is -0.277. The number of pyridine rings is 1. The highest BCUT2D eigenvalue weighted by molar-refractivity contribution is 5.95. The van der Waals surface area contributed by atoms with Gasteiger partial charge in [-0.15, -0.1) is 23.4 Å². The number of nitrogens with two attached hydrogens (primary N) is 1. The van der Waals surface area contributed by atoms with Crippen molar-refractivity contribution in [2.75, 3.05) is 12.3 Å². The minimum absolute atomic E-state index is 0.0310. The molecule has 4 rings (SSSR count). The molecule has 1 atom stereocenters. The zero-order chi connectivity index (χ0) is 31.1. The number of benzene rings is 1. The Morgan fingerprint density at radius 1 is 1.00 bits per heavy atom. The number of rotatable bonds is 3. The van der Waals surface area contributed by atoms with Gasteiger partial charge in [0, 0.05) is 13.1 Å². The van der Waals surface area contributed by atoms with Crippen LogP contribution in [0, 0.1) is 0 Å². The molecule has 1 aromatic carbocycles. The minimum atomic E-state index is -5.29. The second kappa shape index (κ2) is 11.0. The van der Waals surface area contributed by atoms with Crippen molar-refractivity contribution in [2.45, 2.75) is 56.5 Å². The summed E-state index contributed by atoms with van der Waals surface area (Å²) in [6.07, 6.45) is -16.9. The Labute approximate surface area is 230 Å². The third kappa shape index (κ3) is 6.52. The molecule has 228 valence electrons. The SMILES string of the molecule is Nc1cc(C(F)(F)F)c2nc1-c1nnc(o1)C(O)(C(F)(F)F)CCCCCN(Cc1cccc(OC(F)(F)F)c1)C2=O. The van der Waals surface area contributed by atoms with Crippen molar-refractivity contribution in [2.24, 2.45) is 0 Å². The second-order valence-electron chi connectivity index (χ2n) is 9.32. The monoisotopic (exact) mass is 613 g/mol. The van der Waals surface area contributed by atoms with Gasteiger partial charge in [-0.05, 0) is 43.0 Å². The van der Waals surface area contributed by atoms with Gasteiger partial charge in [-0.1, -0.05) is 18.6 Å². The van der Waals surface area contributed by atoms with Gasteiger partial charge in [0.05, 0.1) is 11.3 Å². The third-order valence-corrected chi connectivity index (χ3v) is 6.27. The van der Waals surface area contributed by atoms with Crippen LogP contribution in [-0.4, -0.2) is 50.2 Å². The van der Waals surface area contributed by atoms with Crippen LogP contribution in [0.4, 0.5) is 45.2 Å². The Balaban J connectivity index is 1.83. The molecular formula is C24H20F9N5O4. The van der Waals surface area contributed by atoms with Gasteiger partial charge in [-0.3, -0.25) is 4.79 Å². The molecule has 9 nitrogen and oxygen atoms in total. The predicted octanol–water partition coefficient (Wildman–Crippen LogP) is 5.60. The number of alkyl halides is 9. The van der Waals surface area contributed by atoms with Crippen LogP contribution in [0.15, 0.2) is 34.7 Å². The van der Waals surface area contributed by atoms with Crippen molar-refractivity contribution < 1.29 is 58.6 Å². The molecule has 3 N–H and O–H groups in total. The number of carbonyl (C=O) groups excluding carboxylic acids is 1. The summed E-state index contributed by atoms with van der Waals surface area (Å²) in [7, 11) is 0. The van der Waals surface area contributed by atoms with E-state index in [-0.39, 0.29) is 31.4 Å². The summed E-state index contributed by atoms with van der Waals surface area (Å²) < 4.78 is 130. The zero-order valence-electron chi connectivity index (χ0n) is 21.1. The molecule has 1 unspecified atom stereocenters. The van der Waals surface area contributed by atoms with Crippen LogP contribution in [0.2, 0.25) is 0 Å². The number of aliphatic hydroxyl groups is 1. The molecule has 1 aliphatic heterocycles. The van der Waals surface area contributed by atoms with Gasteiger partial charge in [0.2, 0.25) is 5.60 Å². The Morgan fingerprint density at radius 3 is 2.36 bits per heavy atom. The first-order chi connectivity index (χ1) is 19.4. The lowest BCUT2D eigenvalue weighted by atomic mass is 9.95. The van der Waals surface area contributed by atoms with E-state index in [2.05, 4.69) is 19.9 Å². The minimum Gasteiger partial charge on any atom is -0.416 e. The number of hydrogen-bond acceptors (Lipinski definition) is 8. The summed E-state index contributed by atoms with van der Waals surface area (Å²) in [4.78, 5) is 18.0. The second-order valence-corrected chi connectivity index (χ2v) is 9.32. The van der Waals surface area contributed by atoms with Crippen LogP contribution in [-0.2, 0) is 18.3 Å². The Hall–Kier alpha value is -4.09. The fourth-order valence-electron chi connectivity index (χ4n) is 4.26. The quantitative estimate of drug-likeness (QED) is 0.366. The maximum absolute atomic E-state index is 14.0. The molecular weight excluding hydrogens is 593 g/mol. The van der Waals surface area contributed by atoms with E-state index in [9.17, 15) is 49.4 Å². The Kier molecular flexibility index (Phi) is 8.05. The van der Waals surface area contributed by atoms with E-state index < -0.39 is 83.4 Å². The van der Waals surface area contributed by atoms with E-state index in [1.807, 2.05) is 0 Å². The fraction of sp³-hybridized carbons (Fsp3) is 0.417. The number of hydrogen-bond donors (Lipinski definition) is 2. The molecule has 0 fully saturated rings. The van der Waals surface area contributed by atoms with Crippen molar-refractivity contribution in [3.63, 3.8) is 0 Å². The first-order valence-electron chi connectivity index (χ1n) is 12.0. The van der Waals surface area contributed by atoms with Gasteiger partial charge in [0.15, 0.2) is 5.69 Å². The first-order valence-corrected chi connectivity index (χ1v) is 12.0. The number of nitrogens with zero attached hydrogens (tertiary/aromatic N) is 4. The van der Waals surface area contributed by atoms with Crippen LogP contribution in [0.1, 0.15) is 53.2 Å². The number of ether oxygens (including phenoxy) is 1. The number of nitrogen functional groups attached to an aromatic ring is 1. The van der Waals surface area contributed by atoms with Gasteiger partial charge < -0.3 is 24.9 Å². The molecule has 0 spiro atoms. The highest BCUT2D eigenvalue weighted by Gasteiger charge is 2.58. The van der Waals surface area contributed by atoms with E-state index in [1.165, 1.54) is 6.07 Å². The highest BCUT2D eigenvalue weighted by atomic mass is 19.4. The number of anilines is 1. The average molecular weight is 613 g/mol. The first kappa shape index (κ1) is 30.9. The molecule has 1 aliphatic rings. The van der Waals surface area contributed by atoms with E-state index in [0.717, 1.165) is 23.1 Å². The Morgan fingerprint density at radius 2 is 1.71 bits per heavy atom. The highest BCUT2D eigenvalue weighted by Crippen LogP contribution is 2.44. The number of fused-ring (bicyclic) bond motifs is 5. The number of aromatic nitrogens is 3. The molecule has 1 amide bonds. The maximum Gasteiger partial charge on any atom is 0.573 e. The predicted molar refractivity (Wildman–Crippen MR) is 123 cm³/mol. The maximum atomic E-state index is 14.0.